The topological polar surface area (TPSA) is 17.1 Å². The third-order valence-electron chi connectivity index (χ3n) is 3.85. The van der Waals surface area contributed by atoms with Crippen molar-refractivity contribution in [2.45, 2.75) is 6.42 Å². The lowest BCUT2D eigenvalue weighted by molar-refractivity contribution is 0.0996. The Morgan fingerprint density at radius 2 is 1.75 bits per heavy atom. The summed E-state index contributed by atoms with van der Waals surface area (Å²) in [5, 5.41) is 4.53. The Hall–Kier alpha value is -1.93. The maximum atomic E-state index is 12.2. The van der Waals surface area contributed by atoms with Crippen LogP contribution in [-0.4, -0.2) is 5.78 Å². The third-order valence-corrected chi connectivity index (χ3v) is 4.34. The van der Waals surface area contributed by atoms with E-state index in [1.807, 2.05) is 24.3 Å². The summed E-state index contributed by atoms with van der Waals surface area (Å²) in [6.07, 6.45) is 4.49. The van der Waals surface area contributed by atoms with Crippen LogP contribution < -0.4 is 0 Å². The minimum absolute atomic E-state index is 0.213. The molecule has 1 aliphatic rings. The lowest BCUT2D eigenvalue weighted by Gasteiger charge is -2.13. The van der Waals surface area contributed by atoms with Gasteiger partial charge in [-0.15, -0.1) is 0 Å². The van der Waals surface area contributed by atoms with Gasteiger partial charge in [-0.2, -0.15) is 0 Å². The van der Waals surface area contributed by atoms with E-state index >= 15 is 0 Å². The first-order valence-electron chi connectivity index (χ1n) is 6.58. The van der Waals surface area contributed by atoms with Crippen molar-refractivity contribution < 1.29 is 4.79 Å². The largest absolute Gasteiger partial charge is 0.294 e. The molecule has 0 saturated carbocycles. The van der Waals surface area contributed by atoms with Gasteiger partial charge in [0.05, 0.1) is 0 Å². The quantitative estimate of drug-likeness (QED) is 0.509. The van der Waals surface area contributed by atoms with Crippen molar-refractivity contribution in [3.63, 3.8) is 0 Å². The van der Waals surface area contributed by atoms with Crippen LogP contribution in [0.4, 0.5) is 0 Å². The van der Waals surface area contributed by atoms with Crippen LogP contribution in [0.25, 0.3) is 27.6 Å². The molecular formula is C18H11BrO. The molecule has 0 aromatic heterocycles. The van der Waals surface area contributed by atoms with E-state index in [-0.39, 0.29) is 5.78 Å². The average Bonchev–Trinajstić information content (AvgIpc) is 2.45. The van der Waals surface area contributed by atoms with Crippen molar-refractivity contribution in [1.82, 2.24) is 0 Å². The number of hydrogen-bond acceptors (Lipinski definition) is 1. The second-order valence-electron chi connectivity index (χ2n) is 5.12. The molecule has 20 heavy (non-hydrogen) atoms. The molecule has 4 rings (SSSR count). The molecule has 1 nitrogen and oxygen atoms in total. The number of Topliss-reactive ketones (excluding diaryl/α,β-unsaturated/α-hetero) is 1. The first-order chi connectivity index (χ1) is 9.72. The van der Waals surface area contributed by atoms with E-state index in [9.17, 15) is 4.79 Å². The van der Waals surface area contributed by atoms with E-state index < -0.39 is 0 Å². The minimum Gasteiger partial charge on any atom is -0.294 e. The Morgan fingerprint density at radius 1 is 0.900 bits per heavy atom. The van der Waals surface area contributed by atoms with Crippen LogP contribution in [0.15, 0.2) is 53.0 Å². The monoisotopic (exact) mass is 322 g/mol. The number of allylic oxidation sites excluding steroid dienone is 1. The molecule has 96 valence electrons. The van der Waals surface area contributed by atoms with Crippen LogP contribution in [-0.2, 0) is 0 Å². The predicted octanol–water partition coefficient (Wildman–Crippen LogP) is 5.36. The molecule has 0 radical (unpaired) electrons. The lowest BCUT2D eigenvalue weighted by atomic mass is 9.90. The highest BCUT2D eigenvalue weighted by atomic mass is 79.9. The van der Waals surface area contributed by atoms with E-state index in [4.69, 9.17) is 0 Å². The van der Waals surface area contributed by atoms with Crippen LogP contribution >= 0.6 is 15.9 Å². The maximum Gasteiger partial charge on any atom is 0.167 e. The zero-order chi connectivity index (χ0) is 13.7. The molecule has 2 heteroatoms. The number of carbonyl (C=O) groups is 1. The number of carbonyl (C=O) groups excluding carboxylic acids is 1. The minimum atomic E-state index is 0.213. The highest BCUT2D eigenvalue weighted by molar-refractivity contribution is 9.10. The Morgan fingerprint density at radius 3 is 2.65 bits per heavy atom. The van der Waals surface area contributed by atoms with E-state index in [0.717, 1.165) is 31.8 Å². The highest BCUT2D eigenvalue weighted by Gasteiger charge is 2.16. The molecule has 0 N–H and O–H groups in total. The summed E-state index contributed by atoms with van der Waals surface area (Å²) >= 11 is 3.50. The Balaban J connectivity index is 2.15. The molecule has 0 heterocycles. The van der Waals surface area contributed by atoms with Gasteiger partial charge >= 0.3 is 0 Å². The molecule has 0 atom stereocenters. The summed E-state index contributed by atoms with van der Waals surface area (Å²) < 4.78 is 1.07. The molecule has 0 aliphatic heterocycles. The smallest absolute Gasteiger partial charge is 0.167 e. The Kier molecular flexibility index (Phi) is 2.54. The van der Waals surface area contributed by atoms with Crippen LogP contribution in [0.5, 0.6) is 0 Å². The van der Waals surface area contributed by atoms with Crippen molar-refractivity contribution >= 4 is 49.3 Å². The van der Waals surface area contributed by atoms with Gasteiger partial charge in [0.1, 0.15) is 0 Å². The number of fused-ring (bicyclic) bond motifs is 4. The standard InChI is InChI=1S/C18H11BrO/c19-15-7-6-12-10-16-13(8-14(12)9-15)5-4-11-2-1-3-17(20)18(11)16/h1-2,4-10H,3H2. The van der Waals surface area contributed by atoms with Gasteiger partial charge in [0.15, 0.2) is 5.78 Å². The average molecular weight is 323 g/mol. The summed E-state index contributed by atoms with van der Waals surface area (Å²) in [6.45, 7) is 0. The summed E-state index contributed by atoms with van der Waals surface area (Å²) in [5.74, 6) is 0.213. The third kappa shape index (κ3) is 1.72. The highest BCUT2D eigenvalue weighted by Crippen LogP contribution is 2.32. The fraction of sp³-hybridized carbons (Fsp3) is 0.0556. The maximum absolute atomic E-state index is 12.2. The van der Waals surface area contributed by atoms with Gasteiger partial charge in [0.25, 0.3) is 0 Å². The number of hydrogen-bond donors (Lipinski definition) is 0. The van der Waals surface area contributed by atoms with Crippen molar-refractivity contribution in [2.24, 2.45) is 0 Å². The molecule has 0 unspecified atom stereocenters. The predicted molar refractivity (Wildman–Crippen MR) is 87.1 cm³/mol. The van der Waals surface area contributed by atoms with Crippen LogP contribution in [0, 0.1) is 0 Å². The van der Waals surface area contributed by atoms with Crippen molar-refractivity contribution in [1.29, 1.82) is 0 Å². The molecule has 3 aromatic rings. The SMILES string of the molecule is O=C1CC=Cc2ccc3cc4cc(Br)ccc4cc3c21. The summed E-state index contributed by atoms with van der Waals surface area (Å²) in [5.41, 5.74) is 1.90. The molecular weight excluding hydrogens is 312 g/mol. The van der Waals surface area contributed by atoms with Crippen LogP contribution in [0.1, 0.15) is 22.3 Å². The number of benzene rings is 3. The first kappa shape index (κ1) is 11.9. The zero-order valence-electron chi connectivity index (χ0n) is 10.7. The van der Waals surface area contributed by atoms with Gasteiger partial charge < -0.3 is 0 Å². The molecule has 0 saturated heterocycles. The molecule has 3 aromatic carbocycles. The summed E-state index contributed by atoms with van der Waals surface area (Å²) in [6, 6.07) is 14.6. The van der Waals surface area contributed by atoms with Gasteiger partial charge in [-0.05, 0) is 51.4 Å². The number of halogens is 1. The van der Waals surface area contributed by atoms with Gasteiger partial charge in [-0.25, -0.2) is 0 Å². The van der Waals surface area contributed by atoms with Crippen LogP contribution in [0.2, 0.25) is 0 Å². The normalized spacial score (nSPS) is 13.9. The van der Waals surface area contributed by atoms with Gasteiger partial charge in [0, 0.05) is 16.5 Å². The van der Waals surface area contributed by atoms with E-state index in [1.165, 1.54) is 5.39 Å². The van der Waals surface area contributed by atoms with Crippen molar-refractivity contribution in [2.75, 3.05) is 0 Å². The number of rotatable bonds is 0. The Labute approximate surface area is 125 Å². The van der Waals surface area contributed by atoms with Crippen molar-refractivity contribution in [3.05, 3.63) is 64.1 Å². The second kappa shape index (κ2) is 4.29. The first-order valence-corrected chi connectivity index (χ1v) is 7.37. The van der Waals surface area contributed by atoms with Crippen LogP contribution in [0.3, 0.4) is 0 Å². The van der Waals surface area contributed by atoms with E-state index in [0.29, 0.717) is 6.42 Å². The number of ketones is 1. The molecule has 0 bridgehead atoms. The zero-order valence-corrected chi connectivity index (χ0v) is 12.3. The summed E-state index contributed by atoms with van der Waals surface area (Å²) in [7, 11) is 0. The molecule has 0 spiro atoms. The Bertz CT molecular complexity index is 906. The lowest BCUT2D eigenvalue weighted by Crippen LogP contribution is -2.05. The van der Waals surface area contributed by atoms with Gasteiger partial charge in [-0.3, -0.25) is 4.79 Å². The van der Waals surface area contributed by atoms with E-state index in [1.54, 1.807) is 0 Å². The van der Waals surface area contributed by atoms with Gasteiger partial charge in [-0.1, -0.05) is 46.3 Å². The summed E-state index contributed by atoms with van der Waals surface area (Å²) in [4.78, 5) is 12.2. The molecule has 1 aliphatic carbocycles. The second-order valence-corrected chi connectivity index (χ2v) is 6.04. The molecule has 0 fully saturated rings. The fourth-order valence-electron chi connectivity index (χ4n) is 2.90. The molecule has 0 amide bonds. The van der Waals surface area contributed by atoms with Gasteiger partial charge in [0.2, 0.25) is 0 Å². The fourth-order valence-corrected chi connectivity index (χ4v) is 3.28. The van der Waals surface area contributed by atoms with E-state index in [2.05, 4.69) is 46.3 Å². The van der Waals surface area contributed by atoms with Crippen molar-refractivity contribution in [3.8, 4) is 0 Å².